The Balaban J connectivity index is 1.87. The van der Waals surface area contributed by atoms with Gasteiger partial charge in [0.25, 0.3) is 5.91 Å². The fraction of sp³-hybridized carbons (Fsp3) is 0.0556. The molecule has 7 heteroatoms. The standard InChI is InChI=1S/C18H17FN4O2/c1-25-16-9-4-13(5-10-16)6-11-17(24)22-18(20)23-21-12-14-2-7-15(19)8-3-14/h2-12H,1H3,(H3,20,22,23,24)/b11-6+,21-12+. The van der Waals surface area contributed by atoms with Gasteiger partial charge in [-0.25, -0.2) is 4.39 Å². The number of ether oxygens (including phenoxy) is 1. The highest BCUT2D eigenvalue weighted by Crippen LogP contribution is 2.12. The minimum absolute atomic E-state index is 0.150. The van der Waals surface area contributed by atoms with Gasteiger partial charge in [-0.2, -0.15) is 5.10 Å². The number of amides is 1. The van der Waals surface area contributed by atoms with Gasteiger partial charge in [0.2, 0.25) is 5.96 Å². The lowest BCUT2D eigenvalue weighted by molar-refractivity contribution is -0.115. The molecular weight excluding hydrogens is 323 g/mol. The van der Waals surface area contributed by atoms with Gasteiger partial charge in [0, 0.05) is 6.08 Å². The van der Waals surface area contributed by atoms with Crippen LogP contribution in [-0.4, -0.2) is 25.2 Å². The Bertz CT molecular complexity index is 797. The minimum Gasteiger partial charge on any atom is -0.497 e. The molecule has 0 saturated heterocycles. The van der Waals surface area contributed by atoms with E-state index in [1.807, 2.05) is 12.1 Å². The summed E-state index contributed by atoms with van der Waals surface area (Å²) in [6.07, 6.45) is 4.35. The molecule has 1 amide bonds. The number of nitrogens with one attached hydrogen (secondary N) is 1. The van der Waals surface area contributed by atoms with Crippen LogP contribution in [0.25, 0.3) is 6.08 Å². The summed E-state index contributed by atoms with van der Waals surface area (Å²) in [5.41, 5.74) is 7.05. The molecule has 3 N–H and O–H groups in total. The van der Waals surface area contributed by atoms with Gasteiger partial charge in [-0.05, 0) is 41.5 Å². The van der Waals surface area contributed by atoms with Gasteiger partial charge in [0.05, 0.1) is 13.3 Å². The largest absolute Gasteiger partial charge is 0.497 e. The Morgan fingerprint density at radius 1 is 1.12 bits per heavy atom. The number of carbonyl (C=O) groups is 1. The highest BCUT2D eigenvalue weighted by atomic mass is 19.1. The number of methoxy groups -OCH3 is 1. The Kier molecular flexibility index (Phi) is 6.41. The SMILES string of the molecule is COc1ccc(/C=C/C(=O)NC(N)=N/N=C/c2ccc(F)cc2)cc1. The lowest BCUT2D eigenvalue weighted by Crippen LogP contribution is -2.35. The molecule has 0 aromatic heterocycles. The van der Waals surface area contributed by atoms with E-state index in [1.54, 1.807) is 37.5 Å². The summed E-state index contributed by atoms with van der Waals surface area (Å²) >= 11 is 0. The first-order chi connectivity index (χ1) is 12.1. The number of nitrogens with two attached hydrogens (primary N) is 1. The van der Waals surface area contributed by atoms with Gasteiger partial charge in [0.15, 0.2) is 0 Å². The molecule has 0 aliphatic carbocycles. The summed E-state index contributed by atoms with van der Waals surface area (Å²) in [4.78, 5) is 11.7. The zero-order chi connectivity index (χ0) is 18.1. The van der Waals surface area contributed by atoms with E-state index < -0.39 is 5.91 Å². The van der Waals surface area contributed by atoms with Crippen molar-refractivity contribution in [3.8, 4) is 5.75 Å². The van der Waals surface area contributed by atoms with Gasteiger partial charge in [-0.1, -0.05) is 24.3 Å². The Hall–Kier alpha value is -3.48. The van der Waals surface area contributed by atoms with Crippen LogP contribution < -0.4 is 15.8 Å². The number of nitrogens with zero attached hydrogens (tertiary/aromatic N) is 2. The number of benzene rings is 2. The smallest absolute Gasteiger partial charge is 0.250 e. The summed E-state index contributed by atoms with van der Waals surface area (Å²) in [6.45, 7) is 0. The van der Waals surface area contributed by atoms with Crippen LogP contribution in [0.5, 0.6) is 5.75 Å². The third kappa shape index (κ3) is 6.26. The first kappa shape index (κ1) is 17.9. The van der Waals surface area contributed by atoms with Gasteiger partial charge in [-0.3, -0.25) is 10.1 Å². The minimum atomic E-state index is -0.436. The van der Waals surface area contributed by atoms with E-state index in [0.717, 1.165) is 11.3 Å². The molecule has 0 unspecified atom stereocenters. The Morgan fingerprint density at radius 3 is 2.40 bits per heavy atom. The lowest BCUT2D eigenvalue weighted by Gasteiger charge is -2.00. The average Bonchev–Trinajstić information content (AvgIpc) is 2.62. The number of hydrogen-bond acceptors (Lipinski definition) is 4. The predicted octanol–water partition coefficient (Wildman–Crippen LogP) is 2.31. The molecule has 2 aromatic carbocycles. The molecule has 0 atom stereocenters. The zero-order valence-corrected chi connectivity index (χ0v) is 13.5. The maximum absolute atomic E-state index is 12.8. The molecule has 128 valence electrons. The molecular formula is C18H17FN4O2. The molecule has 0 fully saturated rings. The van der Waals surface area contributed by atoms with Gasteiger partial charge >= 0.3 is 0 Å². The third-order valence-corrected chi connectivity index (χ3v) is 3.04. The van der Waals surface area contributed by atoms with Crippen molar-refractivity contribution < 1.29 is 13.9 Å². The predicted molar refractivity (Wildman–Crippen MR) is 95.8 cm³/mol. The first-order valence-electron chi connectivity index (χ1n) is 7.32. The quantitative estimate of drug-likeness (QED) is 0.379. The fourth-order valence-corrected chi connectivity index (χ4v) is 1.79. The van der Waals surface area contributed by atoms with Crippen LogP contribution in [0.4, 0.5) is 4.39 Å². The van der Waals surface area contributed by atoms with E-state index in [1.165, 1.54) is 24.4 Å². The molecule has 2 rings (SSSR count). The summed E-state index contributed by atoms with van der Waals surface area (Å²) < 4.78 is 17.8. The molecule has 0 saturated carbocycles. The average molecular weight is 340 g/mol. The topological polar surface area (TPSA) is 89.1 Å². The first-order valence-corrected chi connectivity index (χ1v) is 7.32. The molecule has 0 aliphatic heterocycles. The van der Waals surface area contributed by atoms with E-state index >= 15 is 0 Å². The summed E-state index contributed by atoms with van der Waals surface area (Å²) in [5, 5.41) is 9.74. The molecule has 0 spiro atoms. The summed E-state index contributed by atoms with van der Waals surface area (Å²) in [6, 6.07) is 12.9. The van der Waals surface area contributed by atoms with E-state index in [2.05, 4.69) is 15.5 Å². The molecule has 6 nitrogen and oxygen atoms in total. The maximum Gasteiger partial charge on any atom is 0.250 e. The highest BCUT2D eigenvalue weighted by molar-refractivity contribution is 6.03. The van der Waals surface area contributed by atoms with E-state index in [-0.39, 0.29) is 11.8 Å². The van der Waals surface area contributed by atoms with Crippen molar-refractivity contribution in [1.29, 1.82) is 0 Å². The summed E-state index contributed by atoms with van der Waals surface area (Å²) in [5.74, 6) is -0.190. The second-order valence-electron chi connectivity index (χ2n) is 4.88. The van der Waals surface area contributed by atoms with E-state index in [0.29, 0.717) is 5.56 Å². The van der Waals surface area contributed by atoms with E-state index in [9.17, 15) is 9.18 Å². The monoisotopic (exact) mass is 340 g/mol. The Morgan fingerprint density at radius 2 is 1.76 bits per heavy atom. The maximum atomic E-state index is 12.8. The molecule has 25 heavy (non-hydrogen) atoms. The second kappa shape index (κ2) is 8.97. The molecule has 0 aliphatic rings. The molecule has 2 aromatic rings. The van der Waals surface area contributed by atoms with Crippen LogP contribution in [0.1, 0.15) is 11.1 Å². The van der Waals surface area contributed by atoms with Crippen molar-refractivity contribution in [3.63, 3.8) is 0 Å². The molecule has 0 heterocycles. The molecule has 0 bridgehead atoms. The summed E-state index contributed by atoms with van der Waals surface area (Å²) in [7, 11) is 1.58. The van der Waals surface area contributed by atoms with Crippen LogP contribution in [0.3, 0.4) is 0 Å². The van der Waals surface area contributed by atoms with Crippen LogP contribution in [0.15, 0.2) is 64.8 Å². The number of carbonyl (C=O) groups excluding carboxylic acids is 1. The number of hydrogen-bond donors (Lipinski definition) is 2. The number of guanidine groups is 1. The van der Waals surface area contributed by atoms with Crippen molar-refractivity contribution in [2.24, 2.45) is 15.9 Å². The van der Waals surface area contributed by atoms with Gasteiger partial charge in [-0.15, -0.1) is 5.10 Å². The number of rotatable bonds is 5. The molecule has 0 radical (unpaired) electrons. The number of halogens is 1. The highest BCUT2D eigenvalue weighted by Gasteiger charge is 1.98. The van der Waals surface area contributed by atoms with Crippen molar-refractivity contribution in [1.82, 2.24) is 5.32 Å². The van der Waals surface area contributed by atoms with Crippen LogP contribution in [0, 0.1) is 5.82 Å². The van der Waals surface area contributed by atoms with Gasteiger partial charge in [0.1, 0.15) is 11.6 Å². The fourth-order valence-electron chi connectivity index (χ4n) is 1.79. The van der Waals surface area contributed by atoms with E-state index in [4.69, 9.17) is 10.5 Å². The van der Waals surface area contributed by atoms with Crippen LogP contribution in [0.2, 0.25) is 0 Å². The zero-order valence-electron chi connectivity index (χ0n) is 13.5. The van der Waals surface area contributed by atoms with Crippen molar-refractivity contribution in [2.45, 2.75) is 0 Å². The second-order valence-corrected chi connectivity index (χ2v) is 4.88. The normalized spacial score (nSPS) is 11.8. The van der Waals surface area contributed by atoms with Crippen LogP contribution >= 0.6 is 0 Å². The Labute approximate surface area is 144 Å². The van der Waals surface area contributed by atoms with Crippen molar-refractivity contribution in [3.05, 3.63) is 71.6 Å². The van der Waals surface area contributed by atoms with Gasteiger partial charge < -0.3 is 10.5 Å². The van der Waals surface area contributed by atoms with Crippen molar-refractivity contribution >= 4 is 24.2 Å². The third-order valence-electron chi connectivity index (χ3n) is 3.04. The van der Waals surface area contributed by atoms with Crippen molar-refractivity contribution in [2.75, 3.05) is 7.11 Å². The van der Waals surface area contributed by atoms with Crippen LogP contribution in [-0.2, 0) is 4.79 Å². The lowest BCUT2D eigenvalue weighted by atomic mass is 10.2.